The van der Waals surface area contributed by atoms with Gasteiger partial charge in [0.1, 0.15) is 114 Å². The average molecular weight is 1750 g/mol. The number of nitrogens with zero attached hydrogens (tertiary/aromatic N) is 4. The minimum atomic E-state index is -3.68. The van der Waals surface area contributed by atoms with E-state index in [0.717, 1.165) is 0 Å². The van der Waals surface area contributed by atoms with Gasteiger partial charge in [0, 0.05) is 22.3 Å². The summed E-state index contributed by atoms with van der Waals surface area (Å²) >= 11 is 0. The Kier molecular flexibility index (Phi) is 31.3. The summed E-state index contributed by atoms with van der Waals surface area (Å²) in [6, 6.07) is 113. The van der Waals surface area contributed by atoms with E-state index in [1.54, 1.807) is 48.5 Å². The molecule has 0 radical (unpaired) electrons. The predicted octanol–water partition coefficient (Wildman–Crippen LogP) is 11.3. The van der Waals surface area contributed by atoms with Gasteiger partial charge in [0.15, 0.2) is 11.8 Å². The van der Waals surface area contributed by atoms with Gasteiger partial charge in [-0.1, -0.05) is 218 Å². The summed E-state index contributed by atoms with van der Waals surface area (Å²) in [5.74, 6) is -0.207. The van der Waals surface area contributed by atoms with Crippen LogP contribution < -0.4 is 42.4 Å². The molecule has 0 aliphatic carbocycles. The molecule has 0 spiro atoms. The van der Waals surface area contributed by atoms with Crippen LogP contribution >= 0.6 is 31.7 Å². The van der Waals surface area contributed by atoms with Crippen molar-refractivity contribution < 1.29 is 105 Å². The summed E-state index contributed by atoms with van der Waals surface area (Å²) in [4.78, 5) is 43.8. The molecule has 4 aliphatic rings. The van der Waals surface area contributed by atoms with Gasteiger partial charge in [-0.3, -0.25) is 0 Å². The Morgan fingerprint density at radius 2 is 0.321 bits per heavy atom. The third kappa shape index (κ3) is 21.3. The number of carbonyl (C=O) groups excluding carboxylic acids is 4. The van der Waals surface area contributed by atoms with Crippen LogP contribution in [-0.2, 0) is 80.9 Å². The van der Waals surface area contributed by atoms with Crippen LogP contribution in [0.1, 0.15) is 41.4 Å². The average Bonchev–Trinajstić information content (AvgIpc) is 1.67. The number of hydrogen-bond donors (Lipinski definition) is 0. The summed E-state index contributed by atoms with van der Waals surface area (Å²) in [5, 5.41) is 12.0. The number of fused-ring (bicyclic) bond motifs is 4. The molecule has 0 unspecified atom stereocenters. The normalized spacial score (nSPS) is 14.0. The summed E-state index contributed by atoms with van der Waals surface area (Å²) in [6.07, 6.45) is 0. The van der Waals surface area contributed by atoms with Crippen LogP contribution in [-0.4, -0.2) is 80.1 Å². The Morgan fingerprint density at radius 1 is 0.198 bits per heavy atom. The molecule has 4 amide bonds. The minimum Gasteiger partial charge on any atom is -0.537 e. The second-order valence-corrected chi connectivity index (χ2v) is 40.2. The van der Waals surface area contributed by atoms with Crippen LogP contribution in [0.3, 0.4) is 0 Å². The smallest absolute Gasteiger partial charge is 0.537 e. The molecule has 0 atom stereocenters. The monoisotopic (exact) mass is 1750 g/mol. The second-order valence-electron chi connectivity index (χ2n) is 22.7. The molecule has 4 heterocycles. The fraction of sp³-hybridized carbons (Fsp3) is 0.0256. The van der Waals surface area contributed by atoms with Crippen LogP contribution in [0.4, 0.5) is 0 Å². The van der Waals surface area contributed by atoms with Crippen molar-refractivity contribution in [3.63, 3.8) is 0 Å². The summed E-state index contributed by atoms with van der Waals surface area (Å²) in [6.45, 7) is 0. The molecule has 0 saturated carbocycles. The van der Waals surface area contributed by atoms with E-state index in [1.807, 2.05) is 0 Å². The topological polar surface area (TPSA) is 324 Å². The van der Waals surface area contributed by atoms with Gasteiger partial charge in [-0.05, 0) is 121 Å². The van der Waals surface area contributed by atoms with Crippen LogP contribution in [0.5, 0.6) is 0 Å². The zero-order chi connectivity index (χ0) is 71.7. The Morgan fingerprint density at radius 3 is 0.453 bits per heavy atom. The van der Waals surface area contributed by atoms with Crippen molar-refractivity contribution in [3.05, 3.63) is 381 Å². The van der Waals surface area contributed by atoms with Crippen molar-refractivity contribution >= 4 is 138 Å². The Bertz CT molecular complexity index is 4590. The molecule has 0 saturated heterocycles. The van der Waals surface area contributed by atoms with E-state index in [2.05, 4.69) is 262 Å². The van der Waals surface area contributed by atoms with Gasteiger partial charge < -0.3 is 49.0 Å². The van der Waals surface area contributed by atoms with Gasteiger partial charge in [0.05, 0.1) is 43.2 Å². The van der Waals surface area contributed by atoms with E-state index < -0.39 is 95.4 Å². The van der Waals surface area contributed by atoms with Gasteiger partial charge in [0.2, 0.25) is 0 Å². The number of hydrogen-bond acceptors (Lipinski definition) is 12. The van der Waals surface area contributed by atoms with Gasteiger partial charge in [0.25, 0.3) is 0 Å². The molecule has 0 bridgehead atoms. The summed E-state index contributed by atoms with van der Waals surface area (Å²) in [5.41, 5.74) is 0.657. The van der Waals surface area contributed by atoms with E-state index in [1.165, 1.54) is 103 Å². The molecule has 544 valence electrons. The summed E-state index contributed by atoms with van der Waals surface area (Å²) < 4.78 is 101. The Labute approximate surface area is 649 Å². The van der Waals surface area contributed by atoms with E-state index >= 15 is 0 Å². The zero-order valence-electron chi connectivity index (χ0n) is 55.7. The van der Waals surface area contributed by atoms with E-state index in [0.29, 0.717) is 0 Å². The maximum Gasteiger partial charge on any atom is 2.00 e. The fourth-order valence-electron chi connectivity index (χ4n) is 11.3. The van der Waals surface area contributed by atoms with E-state index in [4.69, 9.17) is 0 Å². The third-order valence-electron chi connectivity index (χ3n) is 16.1. The number of sulfonamides is 4. The molecule has 18 nitrogen and oxygen atoms in total. The van der Waals surface area contributed by atoms with Crippen molar-refractivity contribution in [2.75, 3.05) is 11.8 Å². The first-order chi connectivity index (χ1) is 49.3. The number of amides is 4. The molecule has 0 aromatic heterocycles. The quantitative estimate of drug-likeness (QED) is 0.0814. The van der Waals surface area contributed by atoms with Gasteiger partial charge >= 0.3 is 40.8 Å². The molecule has 16 rings (SSSR count). The molecule has 4 aliphatic heterocycles. The van der Waals surface area contributed by atoms with E-state index in [-0.39, 0.29) is 93.6 Å². The third-order valence-corrected chi connectivity index (χ3v) is 35.2. The predicted molar refractivity (Wildman–Crippen MR) is 424 cm³/mol. The van der Waals surface area contributed by atoms with Crippen molar-refractivity contribution in [2.24, 2.45) is 0 Å². The fourth-order valence-corrected chi connectivity index (χ4v) is 31.1. The first kappa shape index (κ1) is 84.5. The number of rotatable bonds is 12. The van der Waals surface area contributed by atoms with Crippen molar-refractivity contribution in [1.29, 1.82) is 0 Å². The molecule has 106 heavy (non-hydrogen) atoms. The molecule has 12 aromatic rings. The van der Waals surface area contributed by atoms with Crippen LogP contribution in [0, 0.1) is 0 Å². The van der Waals surface area contributed by atoms with Gasteiger partial charge in [-0.15, -0.1) is 0 Å². The maximum absolute atomic E-state index is 11.1. The molecule has 0 fully saturated rings. The molecular weight excluding hydrogens is 1680 g/mol. The molecule has 4 N–H and O–H groups in total. The second kappa shape index (κ2) is 39.2. The van der Waals surface area contributed by atoms with Gasteiger partial charge in [-0.25, -0.2) is 33.7 Å². The number of benzene rings is 12. The summed E-state index contributed by atoms with van der Waals surface area (Å²) in [7, 11) is -18.1. The van der Waals surface area contributed by atoms with Crippen molar-refractivity contribution in [3.8, 4) is 0 Å². The van der Waals surface area contributed by atoms with Crippen LogP contribution in [0.2, 0.25) is 0 Å². The van der Waals surface area contributed by atoms with Crippen LogP contribution in [0.15, 0.2) is 359 Å². The van der Waals surface area contributed by atoms with Gasteiger partial charge in [-0.2, -0.15) is 0 Å². The Balaban J connectivity index is 0.000000184. The zero-order valence-corrected chi connectivity index (χ0v) is 66.1. The standard InChI is InChI=1S/2C25H22P2.4C7H5NO3S.2H2O.2Pd/c2*1-5-13-22(14-6-1)26(23-15-7-2-8-16-23)21-27(24-17-9-3-10-18-24)25-19-11-4-12-20-25;4*9-7-5-3-1-2-4-6(5)12(10,11)8-7;;;;/h2*1-20H,21H2;4*1-4H,(H,8,9);2*1H2;;/q;;;;;;;;2*+2. The minimum absolute atomic E-state index is 0. The first-order valence-corrected chi connectivity index (χ1v) is 44.2. The maximum atomic E-state index is 11.1. The van der Waals surface area contributed by atoms with E-state index in [9.17, 15) is 52.8 Å². The van der Waals surface area contributed by atoms with Crippen LogP contribution in [0.25, 0.3) is 18.9 Å². The first-order valence-electron chi connectivity index (χ1n) is 31.6. The molecule has 12 aromatic carbocycles. The molecule has 28 heteroatoms. The molecular formula is C78H68N4O14P4Pd2S4+4. The largest absolute Gasteiger partial charge is 2.00 e. The number of carbonyl (C=O) groups is 4. The van der Waals surface area contributed by atoms with Crippen molar-refractivity contribution in [1.82, 2.24) is 0 Å². The SMILES string of the molecule is O.O.O=C1[N-]S(=O)(=O)c2ccccc21.O=C1[N-]S(=O)(=O)c2ccccc21.O=C1[N-]S(=O)(=O)c2ccccc21.O=C1[N-]S(=O)(=O)c2ccccc21.[Pd+2].[Pd+2].c1ccc([PH+](C[PH+](c2ccccc2)c2ccccc2)c2ccccc2)cc1.c1ccc([PH+](C[PH+](c2ccccc2)c2ccccc2)c2ccccc2)cc1. The van der Waals surface area contributed by atoms with Crippen molar-refractivity contribution in [2.45, 2.75) is 19.6 Å². The Hall–Kier alpha value is -8.72.